The maximum absolute atomic E-state index is 12.0. The molecule has 1 amide bonds. The molecule has 0 aliphatic heterocycles. The molecule has 0 radical (unpaired) electrons. The van der Waals surface area contributed by atoms with Gasteiger partial charge in [0.05, 0.1) is 18.7 Å². The fraction of sp³-hybridized carbons (Fsp3) is 0.125. The van der Waals surface area contributed by atoms with Crippen LogP contribution in [0, 0.1) is 11.3 Å². The molecule has 5 heteroatoms. The van der Waals surface area contributed by atoms with Crippen LogP contribution in [0.4, 0.5) is 5.69 Å². The molecule has 0 bridgehead atoms. The second-order valence-electron chi connectivity index (χ2n) is 4.36. The number of ether oxygens (including phenoxy) is 1. The van der Waals surface area contributed by atoms with Crippen LogP contribution in [0.1, 0.15) is 17.2 Å². The van der Waals surface area contributed by atoms with Crippen molar-refractivity contribution in [2.24, 2.45) is 0 Å². The highest BCUT2D eigenvalue weighted by atomic mass is 16.5. The van der Waals surface area contributed by atoms with Gasteiger partial charge in [0.2, 0.25) is 0 Å². The Hall–Kier alpha value is -2.84. The van der Waals surface area contributed by atoms with Crippen molar-refractivity contribution in [1.82, 2.24) is 0 Å². The van der Waals surface area contributed by atoms with Crippen molar-refractivity contribution in [3.63, 3.8) is 0 Å². The first-order valence-electron chi connectivity index (χ1n) is 6.27. The molecular weight excluding hydrogens is 268 g/mol. The second-order valence-corrected chi connectivity index (χ2v) is 4.36. The minimum atomic E-state index is -1.31. The number of nitriles is 1. The highest BCUT2D eigenvalue weighted by Gasteiger charge is 2.18. The van der Waals surface area contributed by atoms with Gasteiger partial charge in [-0.1, -0.05) is 18.2 Å². The molecular formula is C16H14N2O3. The number of carbonyl (C=O) groups excluding carboxylic acids is 1. The van der Waals surface area contributed by atoms with Gasteiger partial charge in [-0.05, 0) is 35.9 Å². The quantitative estimate of drug-likeness (QED) is 0.901. The molecule has 0 aliphatic carbocycles. The number of benzene rings is 2. The maximum atomic E-state index is 12.0. The van der Waals surface area contributed by atoms with E-state index in [4.69, 9.17) is 10.00 Å². The van der Waals surface area contributed by atoms with Gasteiger partial charge in [0.1, 0.15) is 5.75 Å². The lowest BCUT2D eigenvalue weighted by Gasteiger charge is -2.12. The summed E-state index contributed by atoms with van der Waals surface area (Å²) in [7, 11) is 1.51. The van der Waals surface area contributed by atoms with E-state index in [9.17, 15) is 9.90 Å². The van der Waals surface area contributed by atoms with Crippen molar-refractivity contribution in [3.8, 4) is 11.8 Å². The van der Waals surface area contributed by atoms with Gasteiger partial charge in [-0.3, -0.25) is 4.79 Å². The third-order valence-corrected chi connectivity index (χ3v) is 2.92. The van der Waals surface area contributed by atoms with E-state index in [-0.39, 0.29) is 0 Å². The van der Waals surface area contributed by atoms with Crippen LogP contribution >= 0.6 is 0 Å². The number of anilines is 1. The fourth-order valence-electron chi connectivity index (χ4n) is 1.84. The molecule has 0 aliphatic rings. The zero-order valence-corrected chi connectivity index (χ0v) is 11.4. The van der Waals surface area contributed by atoms with E-state index in [2.05, 4.69) is 5.32 Å². The van der Waals surface area contributed by atoms with Gasteiger partial charge in [-0.15, -0.1) is 0 Å². The van der Waals surface area contributed by atoms with Crippen LogP contribution in [0.25, 0.3) is 0 Å². The number of hydrogen-bond donors (Lipinski definition) is 2. The first-order chi connectivity index (χ1) is 10.1. The largest absolute Gasteiger partial charge is 0.497 e. The molecule has 0 heterocycles. The van der Waals surface area contributed by atoms with Gasteiger partial charge in [0.25, 0.3) is 5.91 Å². The molecule has 2 aromatic rings. The molecule has 2 aromatic carbocycles. The molecule has 5 nitrogen and oxygen atoms in total. The van der Waals surface area contributed by atoms with E-state index in [1.54, 1.807) is 42.5 Å². The van der Waals surface area contributed by atoms with E-state index in [0.717, 1.165) is 0 Å². The normalized spacial score (nSPS) is 11.3. The number of nitrogens with one attached hydrogen (secondary N) is 1. The lowest BCUT2D eigenvalue weighted by atomic mass is 10.1. The van der Waals surface area contributed by atoms with E-state index in [0.29, 0.717) is 22.6 Å². The molecule has 2 N–H and O–H groups in total. The Morgan fingerprint density at radius 2 is 2.05 bits per heavy atom. The van der Waals surface area contributed by atoms with Crippen LogP contribution < -0.4 is 10.1 Å². The Balaban J connectivity index is 2.13. The molecule has 1 unspecified atom stereocenters. The summed E-state index contributed by atoms with van der Waals surface area (Å²) in [5, 5.41) is 21.5. The van der Waals surface area contributed by atoms with Crippen LogP contribution in [-0.4, -0.2) is 18.1 Å². The Labute approximate surface area is 122 Å². The molecule has 106 valence electrons. The highest BCUT2D eigenvalue weighted by Crippen LogP contribution is 2.20. The minimum Gasteiger partial charge on any atom is -0.497 e. The average Bonchev–Trinajstić information content (AvgIpc) is 2.54. The van der Waals surface area contributed by atoms with E-state index in [1.165, 1.54) is 13.2 Å². The van der Waals surface area contributed by atoms with Crippen LogP contribution in [0.15, 0.2) is 48.5 Å². The van der Waals surface area contributed by atoms with Crippen molar-refractivity contribution in [2.75, 3.05) is 12.4 Å². The Kier molecular flexibility index (Phi) is 4.54. The van der Waals surface area contributed by atoms with Crippen LogP contribution in [0.3, 0.4) is 0 Å². The predicted molar refractivity (Wildman–Crippen MR) is 77.7 cm³/mol. The van der Waals surface area contributed by atoms with Gasteiger partial charge in [0.15, 0.2) is 6.10 Å². The monoisotopic (exact) mass is 282 g/mol. The van der Waals surface area contributed by atoms with Gasteiger partial charge >= 0.3 is 0 Å². The van der Waals surface area contributed by atoms with Crippen molar-refractivity contribution < 1.29 is 14.6 Å². The Morgan fingerprint density at radius 3 is 2.76 bits per heavy atom. The zero-order chi connectivity index (χ0) is 15.2. The summed E-state index contributed by atoms with van der Waals surface area (Å²) < 4.78 is 5.05. The fourth-order valence-corrected chi connectivity index (χ4v) is 1.84. The Bertz CT molecular complexity index is 692. The summed E-state index contributed by atoms with van der Waals surface area (Å²) in [4.78, 5) is 12.0. The van der Waals surface area contributed by atoms with Crippen LogP contribution in [0.2, 0.25) is 0 Å². The van der Waals surface area contributed by atoms with Crippen molar-refractivity contribution in [3.05, 3.63) is 59.7 Å². The van der Waals surface area contributed by atoms with Crippen molar-refractivity contribution in [1.29, 1.82) is 5.26 Å². The van der Waals surface area contributed by atoms with Crippen LogP contribution in [0.5, 0.6) is 5.75 Å². The molecule has 21 heavy (non-hydrogen) atoms. The molecule has 0 spiro atoms. The number of aliphatic hydroxyl groups excluding tert-OH is 1. The third-order valence-electron chi connectivity index (χ3n) is 2.92. The number of rotatable bonds is 4. The summed E-state index contributed by atoms with van der Waals surface area (Å²) in [6.07, 6.45) is -1.31. The van der Waals surface area contributed by atoms with Crippen molar-refractivity contribution in [2.45, 2.75) is 6.10 Å². The summed E-state index contributed by atoms with van der Waals surface area (Å²) in [6.45, 7) is 0. The minimum absolute atomic E-state index is 0.434. The predicted octanol–water partition coefficient (Wildman–Crippen LogP) is 2.24. The summed E-state index contributed by atoms with van der Waals surface area (Å²) >= 11 is 0. The SMILES string of the molecule is COc1cccc(C(O)C(=O)Nc2cccc(C#N)c2)c1. The number of aliphatic hydroxyl groups is 1. The van der Waals surface area contributed by atoms with Crippen LogP contribution in [-0.2, 0) is 4.79 Å². The average molecular weight is 282 g/mol. The first-order valence-corrected chi connectivity index (χ1v) is 6.27. The lowest BCUT2D eigenvalue weighted by molar-refractivity contribution is -0.124. The maximum Gasteiger partial charge on any atom is 0.257 e. The number of nitrogens with zero attached hydrogens (tertiary/aromatic N) is 1. The standard InChI is InChI=1S/C16H14N2O3/c1-21-14-7-3-5-12(9-14)15(19)16(20)18-13-6-2-4-11(8-13)10-17/h2-9,15,19H,1H3,(H,18,20). The van der Waals surface area contributed by atoms with E-state index >= 15 is 0 Å². The summed E-state index contributed by atoms with van der Waals surface area (Å²) in [5.74, 6) is -0.0100. The van der Waals surface area contributed by atoms with Gasteiger partial charge in [-0.25, -0.2) is 0 Å². The zero-order valence-electron chi connectivity index (χ0n) is 11.4. The third kappa shape index (κ3) is 3.59. The van der Waals surface area contributed by atoms with Gasteiger partial charge in [-0.2, -0.15) is 5.26 Å². The smallest absolute Gasteiger partial charge is 0.257 e. The first kappa shape index (κ1) is 14.6. The highest BCUT2D eigenvalue weighted by molar-refractivity contribution is 5.94. The topological polar surface area (TPSA) is 82.3 Å². The number of methoxy groups -OCH3 is 1. The Morgan fingerprint density at radius 1 is 1.29 bits per heavy atom. The van der Waals surface area contributed by atoms with E-state index in [1.807, 2.05) is 6.07 Å². The van der Waals surface area contributed by atoms with Gasteiger partial charge < -0.3 is 15.2 Å². The molecule has 2 rings (SSSR count). The molecule has 0 saturated carbocycles. The summed E-state index contributed by atoms with van der Waals surface area (Å²) in [5.41, 5.74) is 1.33. The number of hydrogen-bond acceptors (Lipinski definition) is 4. The molecule has 0 fully saturated rings. The number of carbonyl (C=O) groups is 1. The molecule has 0 saturated heterocycles. The van der Waals surface area contributed by atoms with Gasteiger partial charge in [0, 0.05) is 5.69 Å². The lowest BCUT2D eigenvalue weighted by Crippen LogP contribution is -2.20. The number of amides is 1. The molecule has 0 aromatic heterocycles. The van der Waals surface area contributed by atoms with E-state index < -0.39 is 12.0 Å². The molecule has 1 atom stereocenters. The van der Waals surface area contributed by atoms with Crippen molar-refractivity contribution >= 4 is 11.6 Å². The summed E-state index contributed by atoms with van der Waals surface area (Å²) in [6, 6.07) is 15.1. The second kappa shape index (κ2) is 6.55.